The second-order valence-corrected chi connectivity index (χ2v) is 6.93. The maximum absolute atomic E-state index is 13.2. The van der Waals surface area contributed by atoms with Gasteiger partial charge in [-0.3, -0.25) is 0 Å². The number of benzene rings is 1. The van der Waals surface area contributed by atoms with Crippen molar-refractivity contribution >= 4 is 19.7 Å². The lowest BCUT2D eigenvalue weighted by Crippen LogP contribution is -2.06. The summed E-state index contributed by atoms with van der Waals surface area (Å²) >= 11 is 0. The molecule has 1 heterocycles. The van der Waals surface area contributed by atoms with E-state index in [0.29, 0.717) is 0 Å². The van der Waals surface area contributed by atoms with E-state index in [9.17, 15) is 12.8 Å². The van der Waals surface area contributed by atoms with Crippen LogP contribution in [0.2, 0.25) is 0 Å². The van der Waals surface area contributed by atoms with Crippen LogP contribution in [0.3, 0.4) is 0 Å². The molecule has 1 aromatic heterocycles. The molecule has 0 atom stereocenters. The van der Waals surface area contributed by atoms with Crippen molar-refractivity contribution in [2.24, 2.45) is 0 Å². The first-order valence-electron chi connectivity index (χ1n) is 6.28. The van der Waals surface area contributed by atoms with Crippen molar-refractivity contribution in [1.29, 1.82) is 0 Å². The molecule has 0 aliphatic rings. The maximum atomic E-state index is 13.2. The average Bonchev–Trinajstić information content (AvgIpc) is 2.84. The van der Waals surface area contributed by atoms with E-state index in [2.05, 4.69) is 4.98 Å². The molecule has 0 N–H and O–H groups in total. The molecule has 21 heavy (non-hydrogen) atoms. The number of aromatic nitrogens is 2. The van der Waals surface area contributed by atoms with Crippen molar-refractivity contribution in [2.45, 2.75) is 31.4 Å². The van der Waals surface area contributed by atoms with E-state index in [1.54, 1.807) is 12.5 Å². The Balaban J connectivity index is 2.22. The molecule has 8 heteroatoms. The number of ether oxygens (including phenoxy) is 1. The van der Waals surface area contributed by atoms with Crippen molar-refractivity contribution < 1.29 is 17.5 Å². The van der Waals surface area contributed by atoms with Gasteiger partial charge in [-0.15, -0.1) is 0 Å². The smallest absolute Gasteiger partial charge is 0.265 e. The summed E-state index contributed by atoms with van der Waals surface area (Å²) < 4.78 is 43.4. The van der Waals surface area contributed by atoms with E-state index in [0.717, 1.165) is 30.8 Å². The minimum Gasteiger partial charge on any atom is -0.486 e. The molecule has 5 nitrogen and oxygen atoms in total. The fourth-order valence-electron chi connectivity index (χ4n) is 1.85. The molecule has 0 radical (unpaired) electrons. The highest BCUT2D eigenvalue weighted by Gasteiger charge is 2.18. The Morgan fingerprint density at radius 1 is 1.43 bits per heavy atom. The molecule has 0 bridgehead atoms. The van der Waals surface area contributed by atoms with Crippen molar-refractivity contribution in [3.05, 3.63) is 42.2 Å². The predicted molar refractivity (Wildman–Crippen MR) is 76.3 cm³/mol. The average molecular weight is 333 g/mol. The van der Waals surface area contributed by atoms with Crippen molar-refractivity contribution in [3.63, 3.8) is 0 Å². The second-order valence-electron chi connectivity index (χ2n) is 4.40. The van der Waals surface area contributed by atoms with Gasteiger partial charge in [0.05, 0.1) is 18.2 Å². The largest absolute Gasteiger partial charge is 0.486 e. The number of aryl methyl sites for hydroxylation is 1. The summed E-state index contributed by atoms with van der Waals surface area (Å²) in [6, 6.07) is 3.19. The summed E-state index contributed by atoms with van der Waals surface area (Å²) in [5.74, 6) is -0.687. The van der Waals surface area contributed by atoms with Crippen LogP contribution < -0.4 is 4.74 Å². The number of halogens is 2. The summed E-state index contributed by atoms with van der Waals surface area (Å²) in [6.45, 7) is 2.93. The van der Waals surface area contributed by atoms with Crippen LogP contribution in [-0.4, -0.2) is 18.0 Å². The Bertz CT molecular complexity index is 731. The van der Waals surface area contributed by atoms with Crippen molar-refractivity contribution in [3.8, 4) is 5.75 Å². The van der Waals surface area contributed by atoms with Crippen LogP contribution in [0.25, 0.3) is 0 Å². The van der Waals surface area contributed by atoms with Gasteiger partial charge in [0.15, 0.2) is 0 Å². The summed E-state index contributed by atoms with van der Waals surface area (Å²) in [7, 11) is 1.20. The maximum Gasteiger partial charge on any atom is 0.265 e. The highest BCUT2D eigenvalue weighted by Crippen LogP contribution is 2.28. The fourth-order valence-corrected chi connectivity index (χ4v) is 2.84. The van der Waals surface area contributed by atoms with Crippen LogP contribution in [0.4, 0.5) is 4.39 Å². The topological polar surface area (TPSA) is 61.2 Å². The lowest BCUT2D eigenvalue weighted by molar-refractivity contribution is 0.286. The molecule has 1 aromatic carbocycles. The lowest BCUT2D eigenvalue weighted by Gasteiger charge is -2.11. The van der Waals surface area contributed by atoms with Crippen LogP contribution in [0, 0.1) is 5.82 Å². The molecule has 0 amide bonds. The van der Waals surface area contributed by atoms with Gasteiger partial charge in [-0.25, -0.2) is 17.8 Å². The zero-order chi connectivity index (χ0) is 15.5. The third-order valence-electron chi connectivity index (χ3n) is 2.81. The van der Waals surface area contributed by atoms with Gasteiger partial charge in [0.1, 0.15) is 23.1 Å². The molecule has 0 unspecified atom stereocenters. The highest BCUT2D eigenvalue weighted by atomic mass is 35.7. The zero-order valence-electron chi connectivity index (χ0n) is 11.3. The Hall–Kier alpha value is -1.60. The fraction of sp³-hybridized carbons (Fsp3) is 0.308. The van der Waals surface area contributed by atoms with Gasteiger partial charge < -0.3 is 9.30 Å². The SMILES string of the molecule is CCCn1cncc1COc1ccc(F)cc1S(=O)(=O)Cl. The number of imidazole rings is 1. The van der Waals surface area contributed by atoms with Gasteiger partial charge in [-0.2, -0.15) is 0 Å². The van der Waals surface area contributed by atoms with Crippen molar-refractivity contribution in [2.75, 3.05) is 0 Å². The van der Waals surface area contributed by atoms with E-state index in [1.807, 2.05) is 11.5 Å². The van der Waals surface area contributed by atoms with Gasteiger partial charge >= 0.3 is 0 Å². The second kappa shape index (κ2) is 6.44. The first-order chi connectivity index (χ1) is 9.91. The Morgan fingerprint density at radius 3 is 2.86 bits per heavy atom. The van der Waals surface area contributed by atoms with Gasteiger partial charge in [0.2, 0.25) is 0 Å². The van der Waals surface area contributed by atoms with E-state index in [1.165, 1.54) is 6.07 Å². The first kappa shape index (κ1) is 15.8. The highest BCUT2D eigenvalue weighted by molar-refractivity contribution is 8.13. The third-order valence-corrected chi connectivity index (χ3v) is 4.15. The minimum absolute atomic E-state index is 0.00986. The number of hydrogen-bond acceptors (Lipinski definition) is 4. The summed E-state index contributed by atoms with van der Waals surface area (Å²) in [5.41, 5.74) is 0.791. The van der Waals surface area contributed by atoms with Gasteiger partial charge in [-0.1, -0.05) is 6.92 Å². The normalized spacial score (nSPS) is 11.6. The molecule has 0 aliphatic heterocycles. The molecule has 0 saturated heterocycles. The molecule has 0 spiro atoms. The van der Waals surface area contributed by atoms with Gasteiger partial charge in [-0.05, 0) is 24.6 Å². The van der Waals surface area contributed by atoms with E-state index < -0.39 is 14.9 Å². The third kappa shape index (κ3) is 3.95. The van der Waals surface area contributed by atoms with Crippen LogP contribution in [0.15, 0.2) is 35.6 Å². The quantitative estimate of drug-likeness (QED) is 0.763. The number of nitrogens with zero attached hydrogens (tertiary/aromatic N) is 2. The molecule has 2 aromatic rings. The standard InChI is InChI=1S/C13H14ClFN2O3S/c1-2-5-17-9-16-7-11(17)8-20-12-4-3-10(15)6-13(12)21(14,18)19/h3-4,6-7,9H,2,5,8H2,1H3. The van der Waals surface area contributed by atoms with Crippen molar-refractivity contribution in [1.82, 2.24) is 9.55 Å². The summed E-state index contributed by atoms with van der Waals surface area (Å²) in [5, 5.41) is 0. The summed E-state index contributed by atoms with van der Waals surface area (Å²) in [6.07, 6.45) is 4.24. The van der Waals surface area contributed by atoms with Crippen LogP contribution >= 0.6 is 10.7 Å². The van der Waals surface area contributed by atoms with E-state index in [4.69, 9.17) is 15.4 Å². The Kier molecular flexibility index (Phi) is 4.84. The molecular weight excluding hydrogens is 319 g/mol. The van der Waals surface area contributed by atoms with Gasteiger partial charge in [0, 0.05) is 17.2 Å². The molecular formula is C13H14ClFN2O3S. The van der Waals surface area contributed by atoms with Crippen LogP contribution in [0.1, 0.15) is 19.0 Å². The first-order valence-corrected chi connectivity index (χ1v) is 8.58. The Morgan fingerprint density at radius 2 is 2.19 bits per heavy atom. The van der Waals surface area contributed by atoms with Crippen LogP contribution in [-0.2, 0) is 22.2 Å². The van der Waals surface area contributed by atoms with E-state index in [-0.39, 0.29) is 17.3 Å². The Labute approximate surface area is 126 Å². The zero-order valence-corrected chi connectivity index (χ0v) is 12.9. The molecule has 0 aliphatic carbocycles. The van der Waals surface area contributed by atoms with E-state index >= 15 is 0 Å². The number of rotatable bonds is 6. The molecule has 0 saturated carbocycles. The molecule has 114 valence electrons. The minimum atomic E-state index is -4.08. The number of hydrogen-bond donors (Lipinski definition) is 0. The molecule has 0 fully saturated rings. The monoisotopic (exact) mass is 332 g/mol. The van der Waals surface area contributed by atoms with Gasteiger partial charge in [0.25, 0.3) is 9.05 Å². The summed E-state index contributed by atoms with van der Waals surface area (Å²) in [4.78, 5) is 3.63. The predicted octanol–water partition coefficient (Wildman–Crippen LogP) is 2.94. The lowest BCUT2D eigenvalue weighted by atomic mass is 10.3. The van der Waals surface area contributed by atoms with Crippen LogP contribution in [0.5, 0.6) is 5.75 Å². The molecule has 2 rings (SSSR count).